The Morgan fingerprint density at radius 2 is 1.37 bits per heavy atom. The van der Waals surface area contributed by atoms with Crippen LogP contribution in [0.5, 0.6) is 5.75 Å². The molecule has 38 heavy (non-hydrogen) atoms. The van der Waals surface area contributed by atoms with Gasteiger partial charge in [-0.2, -0.15) is 0 Å². The molecule has 0 spiro atoms. The van der Waals surface area contributed by atoms with E-state index in [-0.39, 0.29) is 5.60 Å². The normalized spacial score (nSPS) is 20.0. The number of nitrogens with zero attached hydrogens (tertiary/aromatic N) is 2. The Morgan fingerprint density at radius 3 is 1.97 bits per heavy atom. The summed E-state index contributed by atoms with van der Waals surface area (Å²) in [4.78, 5) is 5.26. The minimum atomic E-state index is -0.176. The molecule has 1 fully saturated rings. The van der Waals surface area contributed by atoms with Gasteiger partial charge in [0.25, 0.3) is 0 Å². The Balaban J connectivity index is 1.09. The van der Waals surface area contributed by atoms with Gasteiger partial charge in [-0.25, -0.2) is 0 Å². The SMILES string of the molecule is Cc1c(C)c2c(c(C)c1N)CC(C)(CN1CCN(CCCCC(c3ccccc3)c3ccccc3)CC1)O2. The van der Waals surface area contributed by atoms with Gasteiger partial charge in [0.1, 0.15) is 11.4 Å². The van der Waals surface area contributed by atoms with Gasteiger partial charge in [-0.3, -0.25) is 4.90 Å². The van der Waals surface area contributed by atoms with E-state index in [9.17, 15) is 0 Å². The number of anilines is 1. The molecule has 4 nitrogen and oxygen atoms in total. The van der Waals surface area contributed by atoms with Crippen molar-refractivity contribution in [1.29, 1.82) is 0 Å². The minimum Gasteiger partial charge on any atom is -0.485 e. The summed E-state index contributed by atoms with van der Waals surface area (Å²) in [5, 5.41) is 0. The molecule has 0 saturated carbocycles. The summed E-state index contributed by atoms with van der Waals surface area (Å²) in [7, 11) is 0. The molecule has 2 aliphatic heterocycles. The Kier molecular flexibility index (Phi) is 8.11. The summed E-state index contributed by atoms with van der Waals surface area (Å²) in [6.07, 6.45) is 4.66. The van der Waals surface area contributed by atoms with Crippen molar-refractivity contribution >= 4 is 5.69 Å². The number of ether oxygens (including phenoxy) is 1. The second-order valence-electron chi connectivity index (χ2n) is 11.8. The van der Waals surface area contributed by atoms with Crippen LogP contribution in [0.2, 0.25) is 0 Å². The van der Waals surface area contributed by atoms with Gasteiger partial charge >= 0.3 is 0 Å². The zero-order valence-electron chi connectivity index (χ0n) is 23.8. The lowest BCUT2D eigenvalue weighted by molar-refractivity contribution is 0.0376. The quantitative estimate of drug-likeness (QED) is 0.263. The average molecular weight is 512 g/mol. The first-order chi connectivity index (χ1) is 18.3. The molecule has 0 bridgehead atoms. The lowest BCUT2D eigenvalue weighted by atomic mass is 9.87. The molecule has 0 radical (unpaired) electrons. The number of rotatable bonds is 9. The third-order valence-electron chi connectivity index (χ3n) is 8.98. The molecule has 1 atom stereocenters. The predicted molar refractivity (Wildman–Crippen MR) is 159 cm³/mol. The van der Waals surface area contributed by atoms with Gasteiger partial charge < -0.3 is 15.4 Å². The number of nitrogens with two attached hydrogens (primary N) is 1. The van der Waals surface area contributed by atoms with E-state index in [1.54, 1.807) is 0 Å². The van der Waals surface area contributed by atoms with Gasteiger partial charge in [-0.05, 0) is 74.9 Å². The summed E-state index contributed by atoms with van der Waals surface area (Å²) in [5.41, 5.74) is 14.9. The van der Waals surface area contributed by atoms with Crippen molar-refractivity contribution in [2.24, 2.45) is 0 Å². The molecule has 4 heteroatoms. The number of fused-ring (bicyclic) bond motifs is 1. The molecule has 202 valence electrons. The number of hydrogen-bond donors (Lipinski definition) is 1. The number of nitrogen functional groups attached to an aromatic ring is 1. The number of hydrogen-bond acceptors (Lipinski definition) is 4. The standard InChI is InChI=1S/C34H45N3O/c1-25-26(2)33-31(27(3)32(25)35)23-34(4,38-33)24-37-21-19-36(20-22-37)18-12-11-17-30(28-13-7-5-8-14-28)29-15-9-6-10-16-29/h5-10,13-16,30H,11-12,17-24,35H2,1-4H3. The van der Waals surface area contributed by atoms with Crippen LogP contribution in [-0.4, -0.2) is 54.7 Å². The van der Waals surface area contributed by atoms with E-state index in [1.807, 2.05) is 0 Å². The summed E-state index contributed by atoms with van der Waals surface area (Å²) in [6, 6.07) is 22.0. The van der Waals surface area contributed by atoms with Gasteiger partial charge in [0.15, 0.2) is 0 Å². The molecule has 0 amide bonds. The van der Waals surface area contributed by atoms with Crippen LogP contribution in [0.4, 0.5) is 5.69 Å². The minimum absolute atomic E-state index is 0.176. The van der Waals surface area contributed by atoms with Crippen molar-refractivity contribution in [3.8, 4) is 5.75 Å². The van der Waals surface area contributed by atoms with Crippen LogP contribution in [0.1, 0.15) is 65.5 Å². The number of piperazine rings is 1. The molecule has 0 aliphatic carbocycles. The maximum absolute atomic E-state index is 6.64. The lowest BCUT2D eigenvalue weighted by Crippen LogP contribution is -2.52. The predicted octanol–water partition coefficient (Wildman–Crippen LogP) is 6.51. The van der Waals surface area contributed by atoms with E-state index < -0.39 is 0 Å². The first kappa shape index (κ1) is 26.8. The molecule has 1 saturated heterocycles. The van der Waals surface area contributed by atoms with Gasteiger partial charge in [-0.15, -0.1) is 0 Å². The highest BCUT2D eigenvalue weighted by molar-refractivity contribution is 5.66. The van der Waals surface area contributed by atoms with Gasteiger partial charge in [0.05, 0.1) is 0 Å². The van der Waals surface area contributed by atoms with Crippen molar-refractivity contribution in [3.05, 3.63) is 94.0 Å². The Hall–Kier alpha value is -2.82. The molecule has 0 aromatic heterocycles. The largest absolute Gasteiger partial charge is 0.485 e. The van der Waals surface area contributed by atoms with Crippen LogP contribution >= 0.6 is 0 Å². The number of unbranched alkanes of at least 4 members (excludes halogenated alkanes) is 1. The molecule has 2 N–H and O–H groups in total. The third kappa shape index (κ3) is 5.77. The van der Waals surface area contributed by atoms with Crippen LogP contribution < -0.4 is 10.5 Å². The molecular weight excluding hydrogens is 466 g/mol. The highest BCUT2D eigenvalue weighted by Crippen LogP contribution is 2.44. The van der Waals surface area contributed by atoms with Crippen LogP contribution in [0.3, 0.4) is 0 Å². The van der Waals surface area contributed by atoms with E-state index in [4.69, 9.17) is 10.5 Å². The highest BCUT2D eigenvalue weighted by Gasteiger charge is 2.39. The van der Waals surface area contributed by atoms with Gasteiger partial charge in [-0.1, -0.05) is 67.1 Å². The second-order valence-corrected chi connectivity index (χ2v) is 11.8. The van der Waals surface area contributed by atoms with Gasteiger partial charge in [0.2, 0.25) is 0 Å². The Morgan fingerprint density at radius 1 is 0.789 bits per heavy atom. The smallest absolute Gasteiger partial charge is 0.127 e. The monoisotopic (exact) mass is 511 g/mol. The zero-order chi connectivity index (χ0) is 26.7. The summed E-state index contributed by atoms with van der Waals surface area (Å²) in [6.45, 7) is 15.4. The average Bonchev–Trinajstić information content (AvgIpc) is 3.30. The summed E-state index contributed by atoms with van der Waals surface area (Å²) in [5.74, 6) is 1.57. The van der Waals surface area contributed by atoms with Gasteiger partial charge in [0, 0.05) is 56.3 Å². The first-order valence-electron chi connectivity index (χ1n) is 14.5. The first-order valence-corrected chi connectivity index (χ1v) is 14.5. The van der Waals surface area contributed by atoms with Crippen molar-refractivity contribution in [2.45, 2.75) is 64.9 Å². The molecule has 3 aromatic rings. The van der Waals surface area contributed by atoms with E-state index in [2.05, 4.69) is 98.2 Å². The third-order valence-corrected chi connectivity index (χ3v) is 8.98. The van der Waals surface area contributed by atoms with Crippen LogP contribution in [0.25, 0.3) is 0 Å². The fourth-order valence-corrected chi connectivity index (χ4v) is 6.53. The number of benzene rings is 3. The molecule has 5 rings (SSSR count). The van der Waals surface area contributed by atoms with Crippen molar-refractivity contribution in [2.75, 3.05) is 45.0 Å². The maximum atomic E-state index is 6.64. The highest BCUT2D eigenvalue weighted by atomic mass is 16.5. The fourth-order valence-electron chi connectivity index (χ4n) is 6.53. The van der Waals surface area contributed by atoms with Crippen LogP contribution in [0, 0.1) is 20.8 Å². The van der Waals surface area contributed by atoms with E-state index in [0.29, 0.717) is 5.92 Å². The van der Waals surface area contributed by atoms with Crippen molar-refractivity contribution in [1.82, 2.24) is 9.80 Å². The van der Waals surface area contributed by atoms with E-state index in [1.165, 1.54) is 53.6 Å². The summed E-state index contributed by atoms with van der Waals surface area (Å²) < 4.78 is 6.64. The van der Waals surface area contributed by atoms with Crippen molar-refractivity contribution < 1.29 is 4.74 Å². The maximum Gasteiger partial charge on any atom is 0.127 e. The van der Waals surface area contributed by atoms with Crippen LogP contribution in [-0.2, 0) is 6.42 Å². The van der Waals surface area contributed by atoms with Crippen molar-refractivity contribution in [3.63, 3.8) is 0 Å². The van der Waals surface area contributed by atoms with Crippen LogP contribution in [0.15, 0.2) is 60.7 Å². The molecular formula is C34H45N3O. The molecule has 2 heterocycles. The van der Waals surface area contributed by atoms with E-state index >= 15 is 0 Å². The Bertz CT molecular complexity index is 1140. The zero-order valence-corrected chi connectivity index (χ0v) is 23.8. The Labute approximate surface area is 229 Å². The summed E-state index contributed by atoms with van der Waals surface area (Å²) >= 11 is 0. The molecule has 1 unspecified atom stereocenters. The van der Waals surface area contributed by atoms with E-state index in [0.717, 1.165) is 56.1 Å². The fraction of sp³-hybridized carbons (Fsp3) is 0.471. The molecule has 3 aromatic carbocycles. The topological polar surface area (TPSA) is 41.7 Å². The molecule has 2 aliphatic rings. The second kappa shape index (κ2) is 11.5. The lowest BCUT2D eigenvalue weighted by Gasteiger charge is -2.38.